The third kappa shape index (κ3) is 9.02. The van der Waals surface area contributed by atoms with Crippen molar-refractivity contribution in [1.82, 2.24) is 15.5 Å². The maximum absolute atomic E-state index is 12.6. The molecule has 0 aromatic heterocycles. The van der Waals surface area contributed by atoms with Crippen molar-refractivity contribution < 1.29 is 19.4 Å². The monoisotopic (exact) mass is 655 g/mol. The molecule has 2 amide bonds. The third-order valence-electron chi connectivity index (χ3n) is 9.30. The van der Waals surface area contributed by atoms with Crippen LogP contribution in [0.5, 0.6) is 0 Å². The molecule has 0 spiro atoms. The molecule has 1 aliphatic rings. The van der Waals surface area contributed by atoms with Crippen molar-refractivity contribution in [3.8, 4) is 11.1 Å². The van der Waals surface area contributed by atoms with Crippen LogP contribution in [-0.4, -0.2) is 35.7 Å². The van der Waals surface area contributed by atoms with Gasteiger partial charge >= 0.3 is 6.03 Å². The number of benzene rings is 5. The predicted molar refractivity (Wildman–Crippen MR) is 193 cm³/mol. The molecule has 7 heteroatoms. The first-order chi connectivity index (χ1) is 24.0. The van der Waals surface area contributed by atoms with E-state index in [0.29, 0.717) is 13.1 Å². The fourth-order valence-corrected chi connectivity index (χ4v) is 6.29. The smallest absolute Gasteiger partial charge is 0.315 e. The average molecular weight is 656 g/mol. The molecule has 5 aromatic rings. The van der Waals surface area contributed by atoms with Crippen molar-refractivity contribution in [2.45, 2.75) is 57.6 Å². The molecule has 0 saturated carbocycles. The van der Waals surface area contributed by atoms with E-state index >= 15 is 0 Å². The van der Waals surface area contributed by atoms with E-state index in [1.54, 1.807) is 0 Å². The second kappa shape index (κ2) is 16.5. The van der Waals surface area contributed by atoms with Gasteiger partial charge in [-0.1, -0.05) is 133 Å². The summed E-state index contributed by atoms with van der Waals surface area (Å²) in [4.78, 5) is 14.9. The average Bonchev–Trinajstić information content (AvgIpc) is 3.16. The first kappa shape index (κ1) is 34.1. The Hall–Kier alpha value is -4.79. The van der Waals surface area contributed by atoms with E-state index in [0.717, 1.165) is 51.9 Å². The molecule has 0 aliphatic carbocycles. The van der Waals surface area contributed by atoms with E-state index < -0.39 is 6.29 Å². The Kier molecular flexibility index (Phi) is 11.5. The lowest BCUT2D eigenvalue weighted by molar-refractivity contribution is -0.253. The summed E-state index contributed by atoms with van der Waals surface area (Å²) < 4.78 is 13.3. The molecule has 49 heavy (non-hydrogen) atoms. The van der Waals surface area contributed by atoms with Gasteiger partial charge in [0.2, 0.25) is 0 Å². The number of rotatable bonds is 12. The van der Waals surface area contributed by atoms with Gasteiger partial charge < -0.3 is 25.2 Å². The van der Waals surface area contributed by atoms with Crippen molar-refractivity contribution in [2.75, 3.05) is 13.6 Å². The summed E-state index contributed by atoms with van der Waals surface area (Å²) in [6, 6.07) is 44.9. The summed E-state index contributed by atoms with van der Waals surface area (Å²) in [6.07, 6.45) is -0.0348. The molecule has 1 saturated heterocycles. The highest BCUT2D eigenvalue weighted by atomic mass is 16.7. The summed E-state index contributed by atoms with van der Waals surface area (Å²) in [7, 11) is 2.14. The molecule has 7 nitrogen and oxygen atoms in total. The molecule has 252 valence electrons. The molecule has 1 heterocycles. The van der Waals surface area contributed by atoms with Crippen LogP contribution >= 0.6 is 0 Å². The van der Waals surface area contributed by atoms with Gasteiger partial charge in [0, 0.05) is 37.7 Å². The number of aliphatic hydroxyl groups is 1. The van der Waals surface area contributed by atoms with Crippen LogP contribution in [0.25, 0.3) is 11.1 Å². The molecule has 0 unspecified atom stereocenters. The molecule has 0 radical (unpaired) electrons. The first-order valence-corrected chi connectivity index (χ1v) is 17.0. The molecule has 0 bridgehead atoms. The van der Waals surface area contributed by atoms with E-state index in [1.807, 2.05) is 78.9 Å². The number of hydrogen-bond acceptors (Lipinski definition) is 5. The quantitative estimate of drug-likeness (QED) is 0.127. The summed E-state index contributed by atoms with van der Waals surface area (Å²) in [5, 5.41) is 15.5. The fraction of sp³-hybridized carbons (Fsp3) is 0.262. The zero-order chi connectivity index (χ0) is 34.0. The van der Waals surface area contributed by atoms with Crippen LogP contribution in [0.3, 0.4) is 0 Å². The number of urea groups is 1. The van der Waals surface area contributed by atoms with Gasteiger partial charge in [-0.15, -0.1) is 0 Å². The van der Waals surface area contributed by atoms with Crippen LogP contribution < -0.4 is 10.6 Å². The lowest BCUT2D eigenvalue weighted by atomic mass is 9.97. The molecule has 5 aromatic carbocycles. The second-order valence-electron chi connectivity index (χ2n) is 12.7. The van der Waals surface area contributed by atoms with E-state index in [-0.39, 0.29) is 30.9 Å². The number of hydrogen-bond donors (Lipinski definition) is 3. The first-order valence-electron chi connectivity index (χ1n) is 17.0. The predicted octanol–water partition coefficient (Wildman–Crippen LogP) is 8.08. The molecular formula is C42H45N3O4. The van der Waals surface area contributed by atoms with Crippen molar-refractivity contribution in [3.63, 3.8) is 0 Å². The van der Waals surface area contributed by atoms with Gasteiger partial charge in [-0.2, -0.15) is 0 Å². The number of amides is 2. The molecule has 1 fully saturated rings. The standard InChI is InChI=1S/C42H45N3O4/c1-30(33-13-7-4-8-14-33)45(2)28-38-25-40(35-19-17-32(29-46)18-20-35)49-41(48-38)36-23-21-34(22-24-36)39-16-10-9-15-37(39)27-44-42(47)43-26-31-11-5-3-6-12-31/h3-24,30,38,40-41,46H,25-29H2,1-2H3,(H2,43,44,47)/t30-,38+,40-,41-/m0/s1. The Balaban J connectivity index is 1.15. The van der Waals surface area contributed by atoms with Gasteiger partial charge in [0.05, 0.1) is 18.8 Å². The topological polar surface area (TPSA) is 83.1 Å². The van der Waals surface area contributed by atoms with Gasteiger partial charge in [0.25, 0.3) is 0 Å². The number of aliphatic hydroxyl groups excluding tert-OH is 1. The molecule has 6 rings (SSSR count). The summed E-state index contributed by atoms with van der Waals surface area (Å²) in [6.45, 7) is 3.86. The van der Waals surface area contributed by atoms with Crippen LogP contribution in [0.15, 0.2) is 133 Å². The van der Waals surface area contributed by atoms with Gasteiger partial charge in [0.15, 0.2) is 6.29 Å². The largest absolute Gasteiger partial charge is 0.392 e. The Morgan fingerprint density at radius 3 is 2.10 bits per heavy atom. The van der Waals surface area contributed by atoms with E-state index in [2.05, 4.69) is 84.1 Å². The van der Waals surface area contributed by atoms with Gasteiger partial charge in [-0.05, 0) is 52.9 Å². The maximum atomic E-state index is 12.6. The number of nitrogens with one attached hydrogen (secondary N) is 2. The van der Waals surface area contributed by atoms with Crippen molar-refractivity contribution in [2.24, 2.45) is 0 Å². The van der Waals surface area contributed by atoms with Crippen molar-refractivity contribution in [1.29, 1.82) is 0 Å². The minimum absolute atomic E-state index is 0.00926. The Bertz CT molecular complexity index is 1760. The van der Waals surface area contributed by atoms with Gasteiger partial charge in [0.1, 0.15) is 0 Å². The molecular weight excluding hydrogens is 610 g/mol. The molecule has 1 aliphatic heterocycles. The Morgan fingerprint density at radius 2 is 1.39 bits per heavy atom. The summed E-state index contributed by atoms with van der Waals surface area (Å²) in [5.41, 5.74) is 8.33. The number of carbonyl (C=O) groups is 1. The fourth-order valence-electron chi connectivity index (χ4n) is 6.29. The summed E-state index contributed by atoms with van der Waals surface area (Å²) in [5.74, 6) is 0. The molecule has 3 N–H and O–H groups in total. The SMILES string of the molecule is C[C@@H](c1ccccc1)N(C)C[C@H]1C[C@@H](c2ccc(CO)cc2)O[C@@H](c2ccc(-c3ccccc3CNC(=O)NCc3ccccc3)cc2)O1. The van der Waals surface area contributed by atoms with Crippen LogP contribution in [0, 0.1) is 0 Å². The lowest BCUT2D eigenvalue weighted by Gasteiger charge is -2.39. The zero-order valence-electron chi connectivity index (χ0n) is 28.2. The highest BCUT2D eigenvalue weighted by Crippen LogP contribution is 2.39. The van der Waals surface area contributed by atoms with E-state index in [4.69, 9.17) is 9.47 Å². The summed E-state index contributed by atoms with van der Waals surface area (Å²) >= 11 is 0. The second-order valence-corrected chi connectivity index (χ2v) is 12.7. The van der Waals surface area contributed by atoms with Crippen LogP contribution in [0.1, 0.15) is 65.2 Å². The highest BCUT2D eigenvalue weighted by Gasteiger charge is 2.33. The van der Waals surface area contributed by atoms with Crippen LogP contribution in [0.2, 0.25) is 0 Å². The zero-order valence-corrected chi connectivity index (χ0v) is 28.2. The number of ether oxygens (including phenoxy) is 2. The number of nitrogens with zero attached hydrogens (tertiary/aromatic N) is 1. The highest BCUT2D eigenvalue weighted by molar-refractivity contribution is 5.75. The van der Waals surface area contributed by atoms with Crippen molar-refractivity contribution in [3.05, 3.63) is 167 Å². The minimum Gasteiger partial charge on any atom is -0.392 e. The van der Waals surface area contributed by atoms with Crippen LogP contribution in [0.4, 0.5) is 4.79 Å². The normalized spacial score (nSPS) is 18.2. The van der Waals surface area contributed by atoms with Gasteiger partial charge in [-0.25, -0.2) is 4.79 Å². The van der Waals surface area contributed by atoms with Crippen molar-refractivity contribution >= 4 is 6.03 Å². The minimum atomic E-state index is -0.541. The Morgan fingerprint density at radius 1 is 0.755 bits per heavy atom. The maximum Gasteiger partial charge on any atom is 0.315 e. The lowest BCUT2D eigenvalue weighted by Crippen LogP contribution is -2.38. The van der Waals surface area contributed by atoms with E-state index in [1.165, 1.54) is 5.56 Å². The Labute approximate surface area is 289 Å². The number of likely N-dealkylation sites (N-methyl/N-ethyl adjacent to an activating group) is 1. The molecule has 4 atom stereocenters. The van der Waals surface area contributed by atoms with E-state index in [9.17, 15) is 9.90 Å². The van der Waals surface area contributed by atoms with Crippen LogP contribution in [-0.2, 0) is 29.2 Å². The third-order valence-corrected chi connectivity index (χ3v) is 9.30. The van der Waals surface area contributed by atoms with Gasteiger partial charge in [-0.3, -0.25) is 4.90 Å². The number of carbonyl (C=O) groups excluding carboxylic acids is 1.